The summed E-state index contributed by atoms with van der Waals surface area (Å²) in [6.45, 7) is 7.21. The largest absolute Gasteiger partial charge is 0.394 e. The molecule has 0 radical (unpaired) electrons. The van der Waals surface area contributed by atoms with E-state index in [0.717, 1.165) is 45.1 Å². The number of hydrogen-bond acceptors (Lipinski definition) is 6. The number of urea groups is 1. The molecule has 4 N–H and O–H groups in total. The minimum absolute atomic E-state index is 0.0320. The molecule has 1 aliphatic heterocycles. The van der Waals surface area contributed by atoms with E-state index in [1.165, 1.54) is 19.3 Å². The summed E-state index contributed by atoms with van der Waals surface area (Å²) in [5.74, 6) is -0.505. The number of carbonyl (C=O) groups is 2. The predicted octanol–water partition coefficient (Wildman–Crippen LogP) is 1.66. The van der Waals surface area contributed by atoms with Crippen molar-refractivity contribution in [2.75, 3.05) is 26.2 Å². The molecule has 31 heavy (non-hydrogen) atoms. The third kappa shape index (κ3) is 8.00. The van der Waals surface area contributed by atoms with Gasteiger partial charge in [-0.3, -0.25) is 9.69 Å². The van der Waals surface area contributed by atoms with Gasteiger partial charge in [0.15, 0.2) is 5.78 Å². The van der Waals surface area contributed by atoms with Crippen molar-refractivity contribution in [2.45, 2.75) is 108 Å². The Labute approximate surface area is 187 Å². The average Bonchev–Trinajstić information content (AvgIpc) is 2.71. The summed E-state index contributed by atoms with van der Waals surface area (Å²) >= 11 is 0. The Kier molecular flexibility index (Phi) is 10.2. The summed E-state index contributed by atoms with van der Waals surface area (Å²) in [7, 11) is 0. The van der Waals surface area contributed by atoms with Gasteiger partial charge in [-0.1, -0.05) is 32.1 Å². The van der Waals surface area contributed by atoms with Crippen LogP contribution in [0.25, 0.3) is 0 Å². The molecular formula is C23H43N3O5. The van der Waals surface area contributed by atoms with Crippen molar-refractivity contribution in [2.24, 2.45) is 0 Å². The minimum Gasteiger partial charge on any atom is -0.394 e. The van der Waals surface area contributed by atoms with Crippen molar-refractivity contribution in [1.29, 1.82) is 0 Å². The third-order valence-electron chi connectivity index (χ3n) is 6.37. The second-order valence-electron chi connectivity index (χ2n) is 10.2. The molecule has 0 aromatic rings. The van der Waals surface area contributed by atoms with E-state index < -0.39 is 24.0 Å². The van der Waals surface area contributed by atoms with E-state index in [1.807, 2.05) is 25.7 Å². The van der Waals surface area contributed by atoms with Crippen LogP contribution >= 0.6 is 0 Å². The van der Waals surface area contributed by atoms with Crippen LogP contribution in [-0.4, -0.2) is 93.0 Å². The first kappa shape index (κ1) is 26.0. The van der Waals surface area contributed by atoms with Gasteiger partial charge in [-0.2, -0.15) is 0 Å². The number of β-amino-alcohol motifs (C(OH)–C–C–N with tert-alkyl or cyclic N) is 1. The fraction of sp³-hybridized carbons (Fsp3) is 0.913. The molecule has 0 bridgehead atoms. The summed E-state index contributed by atoms with van der Waals surface area (Å²) in [5.41, 5.74) is -0.253. The molecule has 1 heterocycles. The number of aliphatic hydroxyl groups is 3. The van der Waals surface area contributed by atoms with Gasteiger partial charge in [-0.15, -0.1) is 0 Å². The summed E-state index contributed by atoms with van der Waals surface area (Å²) in [6, 6.07) is -0.375. The van der Waals surface area contributed by atoms with Gasteiger partial charge in [0.05, 0.1) is 18.8 Å². The lowest BCUT2D eigenvalue weighted by Crippen LogP contribution is -2.60. The van der Waals surface area contributed by atoms with Crippen LogP contribution in [0.2, 0.25) is 0 Å². The molecule has 0 spiro atoms. The minimum atomic E-state index is -1.40. The number of ketones is 1. The Hall–Kier alpha value is -1.22. The number of hydrogen-bond donors (Lipinski definition) is 4. The topological polar surface area (TPSA) is 113 Å². The van der Waals surface area contributed by atoms with Crippen LogP contribution in [0.15, 0.2) is 0 Å². The molecule has 0 aromatic carbocycles. The molecule has 1 saturated heterocycles. The maximum Gasteiger partial charge on any atom is 0.318 e. The van der Waals surface area contributed by atoms with Crippen LogP contribution in [0.3, 0.4) is 0 Å². The monoisotopic (exact) mass is 441 g/mol. The fourth-order valence-corrected chi connectivity index (χ4v) is 4.67. The van der Waals surface area contributed by atoms with Crippen LogP contribution in [0.1, 0.15) is 78.6 Å². The third-order valence-corrected chi connectivity index (χ3v) is 6.37. The summed E-state index contributed by atoms with van der Waals surface area (Å²) in [5, 5.41) is 32.2. The van der Waals surface area contributed by atoms with Crippen LogP contribution in [0, 0.1) is 0 Å². The molecule has 180 valence electrons. The van der Waals surface area contributed by atoms with Crippen molar-refractivity contribution in [1.82, 2.24) is 15.1 Å². The van der Waals surface area contributed by atoms with Gasteiger partial charge < -0.3 is 25.5 Å². The van der Waals surface area contributed by atoms with Crippen molar-refractivity contribution >= 4 is 11.8 Å². The highest BCUT2D eigenvalue weighted by Gasteiger charge is 2.40. The standard InChI is InChI=1S/C23H43N3O5/c1-23(2,3)24-22(31)26(17-11-7-6-8-12-17)14-10-5-4-9-13-25-15-19(28)21(30)20(29)18(25)16-27/h17-19,21,27-28,30H,4-16H2,1-3H3,(H,24,31). The van der Waals surface area contributed by atoms with Crippen molar-refractivity contribution < 1.29 is 24.9 Å². The first-order chi connectivity index (χ1) is 14.6. The zero-order valence-electron chi connectivity index (χ0n) is 19.6. The van der Waals surface area contributed by atoms with E-state index >= 15 is 0 Å². The van der Waals surface area contributed by atoms with Gasteiger partial charge in [-0.05, 0) is 53.0 Å². The Balaban J connectivity index is 1.76. The highest BCUT2D eigenvalue weighted by molar-refractivity contribution is 5.89. The summed E-state index contributed by atoms with van der Waals surface area (Å²) in [4.78, 5) is 28.7. The lowest BCUT2D eigenvalue weighted by molar-refractivity contribution is -0.149. The number of amides is 2. The number of unbranched alkanes of at least 4 members (excludes halogenated alkanes) is 3. The van der Waals surface area contributed by atoms with E-state index in [2.05, 4.69) is 5.32 Å². The van der Waals surface area contributed by atoms with E-state index in [1.54, 1.807) is 4.90 Å². The quantitative estimate of drug-likeness (QED) is 0.405. The Bertz CT molecular complexity index is 574. The number of likely N-dealkylation sites (tertiary alicyclic amines) is 1. The maximum absolute atomic E-state index is 12.9. The molecular weight excluding hydrogens is 398 g/mol. The number of rotatable bonds is 9. The molecule has 2 amide bonds. The first-order valence-corrected chi connectivity index (χ1v) is 12.0. The molecule has 8 heteroatoms. The highest BCUT2D eigenvalue weighted by atomic mass is 16.3. The van der Waals surface area contributed by atoms with Gasteiger partial charge >= 0.3 is 6.03 Å². The van der Waals surface area contributed by atoms with Crippen molar-refractivity contribution in [3.05, 3.63) is 0 Å². The van der Waals surface area contributed by atoms with Gasteiger partial charge in [0.1, 0.15) is 6.10 Å². The first-order valence-electron chi connectivity index (χ1n) is 12.0. The van der Waals surface area contributed by atoms with Crippen molar-refractivity contribution in [3.8, 4) is 0 Å². The number of piperidine rings is 1. The molecule has 2 fully saturated rings. The van der Waals surface area contributed by atoms with Gasteiger partial charge in [0.2, 0.25) is 0 Å². The lowest BCUT2D eigenvalue weighted by Gasteiger charge is -2.38. The second-order valence-corrected chi connectivity index (χ2v) is 10.2. The average molecular weight is 442 g/mol. The van der Waals surface area contributed by atoms with Gasteiger partial charge in [-0.25, -0.2) is 4.79 Å². The molecule has 0 aromatic heterocycles. The second kappa shape index (κ2) is 12.1. The number of nitrogens with one attached hydrogen (secondary N) is 1. The normalized spacial score (nSPS) is 26.1. The molecule has 3 unspecified atom stereocenters. The van der Waals surface area contributed by atoms with E-state index in [9.17, 15) is 24.9 Å². The lowest BCUT2D eigenvalue weighted by atomic mass is 9.94. The summed E-state index contributed by atoms with van der Waals surface area (Å²) < 4.78 is 0. The van der Waals surface area contributed by atoms with Crippen LogP contribution in [0.5, 0.6) is 0 Å². The van der Waals surface area contributed by atoms with E-state index in [4.69, 9.17) is 0 Å². The number of aliphatic hydroxyl groups excluding tert-OH is 3. The molecule has 2 rings (SSSR count). The predicted molar refractivity (Wildman–Crippen MR) is 120 cm³/mol. The Morgan fingerprint density at radius 1 is 1.10 bits per heavy atom. The van der Waals surface area contributed by atoms with Gasteiger partial charge in [0.25, 0.3) is 0 Å². The van der Waals surface area contributed by atoms with Crippen LogP contribution < -0.4 is 5.32 Å². The molecule has 2 aliphatic rings. The zero-order valence-corrected chi connectivity index (χ0v) is 19.6. The Morgan fingerprint density at radius 2 is 1.74 bits per heavy atom. The van der Waals surface area contributed by atoms with E-state index in [-0.39, 0.29) is 24.7 Å². The molecule has 1 saturated carbocycles. The van der Waals surface area contributed by atoms with Gasteiger partial charge in [0, 0.05) is 24.7 Å². The number of carbonyl (C=O) groups excluding carboxylic acids is 2. The SMILES string of the molecule is CC(C)(C)NC(=O)N(CCCCCCN1CC(O)C(O)C(=O)C1CO)C1CCCCC1. The maximum atomic E-state index is 12.9. The van der Waals surface area contributed by atoms with Crippen molar-refractivity contribution in [3.63, 3.8) is 0 Å². The fourth-order valence-electron chi connectivity index (χ4n) is 4.67. The molecule has 1 aliphatic carbocycles. The van der Waals surface area contributed by atoms with Crippen LogP contribution in [0.4, 0.5) is 4.79 Å². The smallest absolute Gasteiger partial charge is 0.318 e. The zero-order chi connectivity index (χ0) is 23.0. The number of Topliss-reactive ketones (excluding diaryl/α,β-unsaturated/α-hetero) is 1. The van der Waals surface area contributed by atoms with Crippen LogP contribution in [-0.2, 0) is 4.79 Å². The Morgan fingerprint density at radius 3 is 2.35 bits per heavy atom. The van der Waals surface area contributed by atoms with E-state index in [0.29, 0.717) is 12.6 Å². The molecule has 8 nitrogen and oxygen atoms in total. The molecule has 3 atom stereocenters. The number of nitrogens with zero attached hydrogens (tertiary/aromatic N) is 2. The summed E-state index contributed by atoms with van der Waals surface area (Å²) in [6.07, 6.45) is 6.97. The highest BCUT2D eigenvalue weighted by Crippen LogP contribution is 2.24.